The Hall–Kier alpha value is -1.48. The zero-order valence-electron chi connectivity index (χ0n) is 17.9. The lowest BCUT2D eigenvalue weighted by molar-refractivity contribution is -0.594. The Kier molecular flexibility index (Phi) is 8.41. The molecule has 3 unspecified atom stereocenters. The fraction of sp³-hybridized carbons (Fsp3) is 1.00. The van der Waals surface area contributed by atoms with E-state index in [0.717, 1.165) is 0 Å². The Balaban J connectivity index is 0.00000631. The van der Waals surface area contributed by atoms with Crippen LogP contribution in [-0.4, -0.2) is 72.3 Å². The maximum absolute atomic E-state index is 14.8. The van der Waals surface area contributed by atoms with Crippen molar-refractivity contribution in [3.05, 3.63) is 0 Å². The summed E-state index contributed by atoms with van der Waals surface area (Å²) >= 11 is 0. The monoisotopic (exact) mass is 604 g/mol. The van der Waals surface area contributed by atoms with Crippen LogP contribution < -0.4 is 0 Å². The first-order chi connectivity index (χ1) is 15.8. The molecule has 0 saturated carbocycles. The molecule has 2 nitrogen and oxygen atoms in total. The van der Waals surface area contributed by atoms with Crippen molar-refractivity contribution in [2.24, 2.45) is 0 Å². The molecule has 1 rings (SSSR count). The summed E-state index contributed by atoms with van der Waals surface area (Å²) < 4.78 is 276. The number of halogens is 20. The average Bonchev–Trinajstić information content (AvgIpc) is 2.67. The van der Waals surface area contributed by atoms with Gasteiger partial charge in [-0.25, -0.2) is 22.0 Å². The van der Waals surface area contributed by atoms with Crippen LogP contribution in [-0.2, 0) is 9.47 Å². The first kappa shape index (κ1) is 35.5. The van der Waals surface area contributed by atoms with Crippen LogP contribution in [0, 0.1) is 0 Å². The van der Waals surface area contributed by atoms with Gasteiger partial charge >= 0.3 is 53.5 Å². The first-order valence-corrected chi connectivity index (χ1v) is 8.80. The van der Waals surface area contributed by atoms with Gasteiger partial charge in [0.25, 0.3) is 11.7 Å². The van der Waals surface area contributed by atoms with Gasteiger partial charge in [-0.15, -0.1) is 0 Å². The molecule has 0 N–H and O–H groups in total. The molecule has 0 bridgehead atoms. The van der Waals surface area contributed by atoms with E-state index in [1.807, 2.05) is 18.6 Å². The highest BCUT2D eigenvalue weighted by molar-refractivity contribution is 5.28. The Morgan fingerprint density at radius 3 is 1.03 bits per heavy atom. The highest BCUT2D eigenvalue weighted by Crippen LogP contribution is 2.73. The van der Waals surface area contributed by atoms with Crippen LogP contribution >= 0.6 is 0 Å². The van der Waals surface area contributed by atoms with Crippen molar-refractivity contribution < 1.29 is 97.3 Å². The summed E-state index contributed by atoms with van der Waals surface area (Å²) in [4.78, 5) is 0. The van der Waals surface area contributed by atoms with Gasteiger partial charge in [0.1, 0.15) is 0 Å². The van der Waals surface area contributed by atoms with Crippen LogP contribution in [0.3, 0.4) is 0 Å². The Morgan fingerprint density at radius 2 is 0.811 bits per heavy atom. The quantitative estimate of drug-likeness (QED) is 0.306. The second-order valence-electron chi connectivity index (χ2n) is 6.94. The van der Waals surface area contributed by atoms with E-state index in [1.54, 1.807) is 0 Å². The van der Waals surface area contributed by atoms with Crippen molar-refractivity contribution in [3.63, 3.8) is 0 Å². The largest absolute Gasteiger partial charge is 0.437 e. The van der Waals surface area contributed by atoms with Gasteiger partial charge in [-0.05, 0) is 0 Å². The topological polar surface area (TPSA) is 18.5 Å². The van der Waals surface area contributed by atoms with Crippen molar-refractivity contribution in [3.8, 4) is 0 Å². The highest BCUT2D eigenvalue weighted by Gasteiger charge is 3.05. The molecule has 1 saturated heterocycles. The molecule has 0 aromatic rings. The summed E-state index contributed by atoms with van der Waals surface area (Å²) in [5.74, 6) is -48.0. The summed E-state index contributed by atoms with van der Waals surface area (Å²) in [6.45, 7) is 2.52. The molecule has 0 radical (unpaired) electrons. The van der Waals surface area contributed by atoms with Gasteiger partial charge in [0, 0.05) is 14.0 Å². The second kappa shape index (κ2) is 8.77. The Labute approximate surface area is 191 Å². The van der Waals surface area contributed by atoms with E-state index in [-0.39, 0.29) is 0 Å². The Bertz CT molecular complexity index is 792. The van der Waals surface area contributed by atoms with Gasteiger partial charge < -0.3 is 4.74 Å². The summed E-state index contributed by atoms with van der Waals surface area (Å²) in [6.07, 6.45) is -24.6. The predicted molar refractivity (Wildman–Crippen MR) is 77.3 cm³/mol. The predicted octanol–water partition coefficient (Wildman–Crippen LogP) is 7.72. The molecule has 1 fully saturated rings. The highest BCUT2D eigenvalue weighted by atomic mass is 19.4. The fourth-order valence-electron chi connectivity index (χ4n) is 3.07. The molecule has 1 heterocycles. The Morgan fingerprint density at radius 1 is 0.514 bits per heavy atom. The summed E-state index contributed by atoms with van der Waals surface area (Å²) in [5, 5.41) is 0. The van der Waals surface area contributed by atoms with Crippen LogP contribution in [0.4, 0.5) is 87.8 Å². The third-order valence-corrected chi connectivity index (χ3v) is 4.85. The number of alkyl halides is 20. The van der Waals surface area contributed by atoms with Gasteiger partial charge in [-0.3, -0.25) is 4.74 Å². The maximum atomic E-state index is 14.8. The number of methoxy groups -OCH3 is 1. The van der Waals surface area contributed by atoms with Crippen LogP contribution in [0.5, 0.6) is 0 Å². The van der Waals surface area contributed by atoms with Gasteiger partial charge in [0.05, 0.1) is 0 Å². The second-order valence-corrected chi connectivity index (χ2v) is 6.94. The molecular formula is C15H12F20O2. The standard InChI is InChI=1S/C13H6F20O2.C2H6/c1-3(14,15)4(16,11(25,26)27)10(34-2)8(22,23)6(18,19)7(20,21)9(24,35-10)5(17,12(28,29)30)13(31,32)33;1-2/h1-2H3;1-2H3. The van der Waals surface area contributed by atoms with E-state index in [9.17, 15) is 87.8 Å². The lowest BCUT2D eigenvalue weighted by Gasteiger charge is -2.59. The lowest BCUT2D eigenvalue weighted by atomic mass is 9.73. The molecule has 0 aliphatic carbocycles. The van der Waals surface area contributed by atoms with E-state index in [0.29, 0.717) is 0 Å². The number of ether oxygens (including phenoxy) is 2. The van der Waals surface area contributed by atoms with Crippen LogP contribution in [0.1, 0.15) is 20.8 Å². The molecule has 37 heavy (non-hydrogen) atoms. The zero-order valence-corrected chi connectivity index (χ0v) is 17.9. The SMILES string of the molecule is CC.COC1(C(F)(C(C)(F)F)C(F)(F)F)OC(F)(C(F)(C(F)(F)F)C(F)(F)F)C(F)(F)C(F)(F)C1(F)F. The molecule has 1 aliphatic rings. The first-order valence-electron chi connectivity index (χ1n) is 8.80. The third kappa shape index (κ3) is 3.84. The summed E-state index contributed by atoms with van der Waals surface area (Å²) in [7, 11) is -1.08. The fourth-order valence-corrected chi connectivity index (χ4v) is 3.07. The van der Waals surface area contributed by atoms with Gasteiger partial charge in [0.2, 0.25) is 0 Å². The number of hydrogen-bond donors (Lipinski definition) is 0. The van der Waals surface area contributed by atoms with Gasteiger partial charge in [-0.2, -0.15) is 65.9 Å². The van der Waals surface area contributed by atoms with Crippen molar-refractivity contribution in [1.82, 2.24) is 0 Å². The molecule has 22 heteroatoms. The van der Waals surface area contributed by atoms with Crippen LogP contribution in [0.2, 0.25) is 0 Å². The molecule has 224 valence electrons. The van der Waals surface area contributed by atoms with E-state index < -0.39 is 79.2 Å². The van der Waals surface area contributed by atoms with Gasteiger partial charge in [0.15, 0.2) is 0 Å². The van der Waals surface area contributed by atoms with Gasteiger partial charge in [-0.1, -0.05) is 13.8 Å². The molecule has 0 spiro atoms. The van der Waals surface area contributed by atoms with Crippen molar-refractivity contribution in [2.45, 2.75) is 86.0 Å². The van der Waals surface area contributed by atoms with Crippen molar-refractivity contribution in [2.75, 3.05) is 7.11 Å². The number of rotatable bonds is 4. The minimum Gasteiger partial charge on any atom is -0.345 e. The van der Waals surface area contributed by atoms with E-state index in [4.69, 9.17) is 0 Å². The van der Waals surface area contributed by atoms with E-state index >= 15 is 0 Å². The number of hydrogen-bond acceptors (Lipinski definition) is 2. The molecule has 0 aromatic heterocycles. The molecule has 0 aromatic carbocycles. The summed E-state index contributed by atoms with van der Waals surface area (Å²) in [6, 6.07) is 0. The smallest absolute Gasteiger partial charge is 0.345 e. The third-order valence-electron chi connectivity index (χ3n) is 4.85. The lowest BCUT2D eigenvalue weighted by Crippen LogP contribution is -2.91. The maximum Gasteiger partial charge on any atom is 0.437 e. The van der Waals surface area contributed by atoms with Crippen LogP contribution in [0.15, 0.2) is 0 Å². The van der Waals surface area contributed by atoms with Crippen molar-refractivity contribution >= 4 is 0 Å². The van der Waals surface area contributed by atoms with E-state index in [2.05, 4.69) is 4.74 Å². The minimum absolute atomic E-state index is 1.08. The molecule has 3 atom stereocenters. The normalized spacial score (nSPS) is 30.2. The molecular weight excluding hydrogens is 592 g/mol. The van der Waals surface area contributed by atoms with E-state index in [1.165, 1.54) is 0 Å². The van der Waals surface area contributed by atoms with Crippen LogP contribution in [0.25, 0.3) is 0 Å². The molecule has 1 aliphatic heterocycles. The molecule has 0 amide bonds. The zero-order chi connectivity index (χ0) is 30.9. The van der Waals surface area contributed by atoms with Crippen molar-refractivity contribution in [1.29, 1.82) is 0 Å². The average molecular weight is 604 g/mol. The summed E-state index contributed by atoms with van der Waals surface area (Å²) in [5.41, 5.74) is -16.6. The minimum atomic E-state index is -8.70.